The van der Waals surface area contributed by atoms with Crippen LogP contribution in [-0.4, -0.2) is 36.1 Å². The van der Waals surface area contributed by atoms with Crippen LogP contribution >= 0.6 is 11.3 Å². The molecule has 0 aliphatic carbocycles. The molecule has 3 nitrogen and oxygen atoms in total. The van der Waals surface area contributed by atoms with Gasteiger partial charge in [-0.05, 0) is 31.4 Å². The van der Waals surface area contributed by atoms with E-state index in [2.05, 4.69) is 26.8 Å². The maximum absolute atomic E-state index is 12.5. The molecule has 2 rings (SSSR count). The van der Waals surface area contributed by atoms with E-state index in [1.165, 1.54) is 4.88 Å². The van der Waals surface area contributed by atoms with Gasteiger partial charge in [-0.3, -0.25) is 4.79 Å². The predicted molar refractivity (Wildman–Crippen MR) is 78.9 cm³/mol. The first kappa shape index (κ1) is 14.5. The molecule has 106 valence electrons. The first-order valence-corrected chi connectivity index (χ1v) is 7.64. The third kappa shape index (κ3) is 3.37. The Morgan fingerprint density at radius 3 is 2.32 bits per heavy atom. The highest BCUT2D eigenvalue weighted by Gasteiger charge is 2.28. The van der Waals surface area contributed by atoms with Crippen molar-refractivity contribution in [1.29, 1.82) is 0 Å². The Morgan fingerprint density at radius 2 is 1.84 bits per heavy atom. The Bertz CT molecular complexity index is 451. The Kier molecular flexibility index (Phi) is 4.02. The molecule has 1 aromatic rings. The Labute approximate surface area is 119 Å². The van der Waals surface area contributed by atoms with Crippen molar-refractivity contribution in [2.75, 3.05) is 13.1 Å². The zero-order chi connectivity index (χ0) is 14.2. The molecule has 19 heavy (non-hydrogen) atoms. The van der Waals surface area contributed by atoms with Crippen LogP contribution in [0, 0.1) is 0 Å². The van der Waals surface area contributed by atoms with E-state index in [0.29, 0.717) is 13.1 Å². The Hall–Kier alpha value is -0.870. The summed E-state index contributed by atoms with van der Waals surface area (Å²) in [6, 6.07) is 4.03. The largest absolute Gasteiger partial charge is 0.372 e. The van der Waals surface area contributed by atoms with Gasteiger partial charge in [0.05, 0.1) is 17.1 Å². The highest BCUT2D eigenvalue weighted by atomic mass is 32.1. The second kappa shape index (κ2) is 5.25. The van der Waals surface area contributed by atoms with Crippen molar-refractivity contribution in [3.8, 4) is 0 Å². The number of nitrogens with zero attached hydrogens (tertiary/aromatic N) is 1. The number of carbonyl (C=O) groups excluding carboxylic acids is 1. The smallest absolute Gasteiger partial charge is 0.264 e. The number of hydrogen-bond donors (Lipinski definition) is 0. The molecule has 2 atom stereocenters. The predicted octanol–water partition coefficient (Wildman–Crippen LogP) is 3.30. The molecule has 0 N–H and O–H groups in total. The highest BCUT2D eigenvalue weighted by molar-refractivity contribution is 7.14. The summed E-state index contributed by atoms with van der Waals surface area (Å²) < 4.78 is 5.67. The van der Waals surface area contributed by atoms with Crippen molar-refractivity contribution in [2.45, 2.75) is 52.2 Å². The minimum Gasteiger partial charge on any atom is -0.372 e. The van der Waals surface area contributed by atoms with Crippen LogP contribution in [0.3, 0.4) is 0 Å². The van der Waals surface area contributed by atoms with E-state index < -0.39 is 0 Å². The molecule has 0 saturated carbocycles. The summed E-state index contributed by atoms with van der Waals surface area (Å²) in [4.78, 5) is 16.5. The van der Waals surface area contributed by atoms with Gasteiger partial charge in [-0.15, -0.1) is 11.3 Å². The summed E-state index contributed by atoms with van der Waals surface area (Å²) in [6.07, 6.45) is 0.240. The molecular weight excluding hydrogens is 258 g/mol. The fourth-order valence-corrected chi connectivity index (χ4v) is 3.39. The highest BCUT2D eigenvalue weighted by Crippen LogP contribution is 2.30. The number of amides is 1. The minimum atomic E-state index is 0.106. The quantitative estimate of drug-likeness (QED) is 0.790. The number of morpholine rings is 1. The van der Waals surface area contributed by atoms with Gasteiger partial charge < -0.3 is 9.64 Å². The molecular formula is C15H23NO2S. The first-order valence-electron chi connectivity index (χ1n) is 6.82. The maximum Gasteiger partial charge on any atom is 0.264 e. The second-order valence-corrected chi connectivity index (χ2v) is 7.47. The van der Waals surface area contributed by atoms with Gasteiger partial charge in [0, 0.05) is 18.0 Å². The zero-order valence-corrected chi connectivity index (χ0v) is 13.2. The molecule has 1 saturated heterocycles. The molecule has 0 radical (unpaired) electrons. The van der Waals surface area contributed by atoms with Crippen molar-refractivity contribution in [2.24, 2.45) is 0 Å². The SMILES string of the molecule is CC1CN(C(=O)c2ccc(C(C)(C)C)s2)CC(C)O1. The van der Waals surface area contributed by atoms with Gasteiger partial charge in [-0.25, -0.2) is 0 Å². The van der Waals surface area contributed by atoms with Gasteiger partial charge in [0.15, 0.2) is 0 Å². The number of thiophene rings is 1. The van der Waals surface area contributed by atoms with E-state index in [-0.39, 0.29) is 23.5 Å². The second-order valence-electron chi connectivity index (χ2n) is 6.38. The van der Waals surface area contributed by atoms with Crippen LogP contribution in [0.15, 0.2) is 12.1 Å². The fourth-order valence-electron chi connectivity index (χ4n) is 2.36. The Balaban J connectivity index is 2.13. The first-order chi connectivity index (χ1) is 8.77. The zero-order valence-electron chi connectivity index (χ0n) is 12.4. The van der Waals surface area contributed by atoms with Gasteiger partial charge in [0.2, 0.25) is 0 Å². The van der Waals surface area contributed by atoms with Crippen LogP contribution in [-0.2, 0) is 10.2 Å². The van der Waals surface area contributed by atoms with Gasteiger partial charge in [0.25, 0.3) is 5.91 Å². The molecule has 4 heteroatoms. The van der Waals surface area contributed by atoms with E-state index in [4.69, 9.17) is 4.74 Å². The van der Waals surface area contributed by atoms with Crippen molar-refractivity contribution < 1.29 is 9.53 Å². The Morgan fingerprint density at radius 1 is 1.26 bits per heavy atom. The van der Waals surface area contributed by atoms with Crippen LogP contribution in [0.4, 0.5) is 0 Å². The number of ether oxygens (including phenoxy) is 1. The van der Waals surface area contributed by atoms with Crippen LogP contribution in [0.2, 0.25) is 0 Å². The van der Waals surface area contributed by atoms with Gasteiger partial charge in [-0.2, -0.15) is 0 Å². The molecule has 2 heterocycles. The average Bonchev–Trinajstić information content (AvgIpc) is 2.75. The van der Waals surface area contributed by atoms with Crippen LogP contribution in [0.1, 0.15) is 49.2 Å². The topological polar surface area (TPSA) is 29.5 Å². The number of hydrogen-bond acceptors (Lipinski definition) is 3. The van der Waals surface area contributed by atoms with Gasteiger partial charge in [0.1, 0.15) is 0 Å². The third-order valence-electron chi connectivity index (χ3n) is 3.26. The van der Waals surface area contributed by atoms with Crippen molar-refractivity contribution in [1.82, 2.24) is 4.90 Å². The van der Waals surface area contributed by atoms with Gasteiger partial charge >= 0.3 is 0 Å². The third-order valence-corrected chi connectivity index (χ3v) is 4.76. The molecule has 0 bridgehead atoms. The van der Waals surface area contributed by atoms with E-state index in [9.17, 15) is 4.79 Å². The van der Waals surface area contributed by atoms with Crippen molar-refractivity contribution >= 4 is 17.2 Å². The van der Waals surface area contributed by atoms with Crippen LogP contribution in [0.25, 0.3) is 0 Å². The lowest BCUT2D eigenvalue weighted by Crippen LogP contribution is -2.48. The molecule has 1 aromatic heterocycles. The summed E-state index contributed by atoms with van der Waals surface area (Å²) in [6.45, 7) is 11.9. The van der Waals surface area contributed by atoms with E-state index in [1.807, 2.05) is 24.8 Å². The molecule has 1 amide bonds. The summed E-state index contributed by atoms with van der Waals surface area (Å²) >= 11 is 1.61. The lowest BCUT2D eigenvalue weighted by molar-refractivity contribution is -0.0585. The molecule has 1 aliphatic rings. The molecule has 1 fully saturated rings. The van der Waals surface area contributed by atoms with Crippen molar-refractivity contribution in [3.05, 3.63) is 21.9 Å². The van der Waals surface area contributed by atoms with Crippen molar-refractivity contribution in [3.63, 3.8) is 0 Å². The van der Waals surface area contributed by atoms with Crippen LogP contribution < -0.4 is 0 Å². The lowest BCUT2D eigenvalue weighted by Gasteiger charge is -2.35. The van der Waals surface area contributed by atoms with Crippen LogP contribution in [0.5, 0.6) is 0 Å². The van der Waals surface area contributed by atoms with E-state index >= 15 is 0 Å². The minimum absolute atomic E-state index is 0.106. The summed E-state index contributed by atoms with van der Waals surface area (Å²) in [5.74, 6) is 0.141. The normalized spacial score (nSPS) is 24.6. The standard InChI is InChI=1S/C15H23NO2S/c1-10-8-16(9-11(2)18-10)14(17)12-6-7-13(19-12)15(3,4)5/h6-7,10-11H,8-9H2,1-5H3. The fraction of sp³-hybridized carbons (Fsp3) is 0.667. The van der Waals surface area contributed by atoms with E-state index in [1.54, 1.807) is 11.3 Å². The molecule has 1 aliphatic heterocycles. The average molecular weight is 281 g/mol. The molecule has 0 spiro atoms. The van der Waals surface area contributed by atoms with Gasteiger partial charge in [-0.1, -0.05) is 20.8 Å². The number of rotatable bonds is 1. The molecule has 0 aromatic carbocycles. The summed E-state index contributed by atoms with van der Waals surface area (Å²) in [5, 5.41) is 0. The maximum atomic E-state index is 12.5. The molecule has 2 unspecified atom stereocenters. The summed E-state index contributed by atoms with van der Waals surface area (Å²) in [7, 11) is 0. The van der Waals surface area contributed by atoms with E-state index in [0.717, 1.165) is 4.88 Å². The monoisotopic (exact) mass is 281 g/mol. The number of carbonyl (C=O) groups is 1. The lowest BCUT2D eigenvalue weighted by atomic mass is 9.95. The summed E-state index contributed by atoms with van der Waals surface area (Å²) in [5.41, 5.74) is 0.106.